The van der Waals surface area contributed by atoms with E-state index >= 15 is 0 Å². The molecule has 150 valence electrons. The van der Waals surface area contributed by atoms with Crippen LogP contribution in [0.2, 0.25) is 0 Å². The third kappa shape index (κ3) is 73.8. The van der Waals surface area contributed by atoms with E-state index in [1.807, 2.05) is 0 Å². The second kappa shape index (κ2) is 50.1. The van der Waals surface area contributed by atoms with E-state index in [2.05, 4.69) is 13.8 Å². The highest BCUT2D eigenvalue weighted by Crippen LogP contribution is 2.14. The Morgan fingerprint density at radius 2 is 1.08 bits per heavy atom. The Kier molecular flexibility index (Phi) is 72.2. The van der Waals surface area contributed by atoms with E-state index < -0.39 is 0 Å². The fourth-order valence-electron chi connectivity index (χ4n) is 1.03. The maximum Gasteiger partial charge on any atom is 0.327 e. The van der Waals surface area contributed by atoms with Crippen molar-refractivity contribution in [3.05, 3.63) is 0 Å². The zero-order valence-electron chi connectivity index (χ0n) is 14.4. The van der Waals surface area contributed by atoms with Crippen molar-refractivity contribution in [3.8, 4) is 0 Å². The molecule has 0 saturated heterocycles. The highest BCUT2D eigenvalue weighted by molar-refractivity contribution is 7.99. The summed E-state index contributed by atoms with van der Waals surface area (Å²) in [4.78, 5) is 0. The third-order valence-corrected chi connectivity index (χ3v) is 3.06. The molecule has 0 bridgehead atoms. The van der Waals surface area contributed by atoms with Gasteiger partial charge in [-0.05, 0) is 12.3 Å². The first-order valence-electron chi connectivity index (χ1n) is 6.62. The van der Waals surface area contributed by atoms with Crippen molar-refractivity contribution >= 4 is 66.0 Å². The highest BCUT2D eigenvalue weighted by Gasteiger charge is 2.04. The normalized spacial score (nSPS) is 10.7. The minimum atomic E-state index is -0.335. The molecule has 0 aliphatic carbocycles. The van der Waals surface area contributed by atoms with Crippen LogP contribution < -0.4 is 0 Å². The Hall–Kier alpha value is 0.760. The van der Waals surface area contributed by atoms with Gasteiger partial charge in [0.2, 0.25) is 0 Å². The molecule has 26 heavy (non-hydrogen) atoms. The van der Waals surface area contributed by atoms with Crippen LogP contribution in [0.1, 0.15) is 39.5 Å². The van der Waals surface area contributed by atoms with Crippen LogP contribution in [0, 0.1) is 5.92 Å². The van der Waals surface area contributed by atoms with Crippen LogP contribution in [0.5, 0.6) is 0 Å². The molecule has 0 aromatic carbocycles. The van der Waals surface area contributed by atoms with Crippen LogP contribution >= 0.6 is 66.0 Å². The van der Waals surface area contributed by atoms with Gasteiger partial charge < -0.3 is 0 Å². The van der Waals surface area contributed by atoms with E-state index in [0.29, 0.717) is 12.5 Å². The summed E-state index contributed by atoms with van der Waals surface area (Å²) in [6.45, 7) is 6.51. The lowest BCUT2D eigenvalue weighted by Gasteiger charge is -2.10. The Morgan fingerprint density at radius 1 is 0.731 bits per heavy atom. The molecule has 17 heteroatoms. The number of hydrogen-bond donors (Lipinski definition) is 0. The molecule has 0 rings (SSSR count). The zero-order chi connectivity index (χ0) is 21.5. The number of rotatable bonds is 10. The first kappa shape index (κ1) is 37.5. The summed E-state index contributed by atoms with van der Waals surface area (Å²) in [5.74, 6) is 0.594. The largest absolute Gasteiger partial charge is 0.327 e. The molecule has 0 spiro atoms. The van der Waals surface area contributed by atoms with Crippen LogP contribution in [0.4, 0.5) is 0 Å². The molecular weight excluding hydrogens is 500 g/mol. The van der Waals surface area contributed by atoms with Crippen molar-refractivity contribution in [2.24, 2.45) is 5.92 Å². The van der Waals surface area contributed by atoms with E-state index in [9.17, 15) is 4.57 Å². The average Bonchev–Trinajstić information content (AvgIpc) is 2.69. The van der Waals surface area contributed by atoms with Gasteiger partial charge >= 0.3 is 8.69 Å². The summed E-state index contributed by atoms with van der Waals surface area (Å²) >= 11 is 0. The predicted octanol–water partition coefficient (Wildman–Crippen LogP) is 8.79. The topological polar surface area (TPSA) is 146 Å². The summed E-state index contributed by atoms with van der Waals surface area (Å²) in [5.41, 5.74) is 0. The maximum atomic E-state index is 9.97. The quantitative estimate of drug-likeness (QED) is 0.258. The van der Waals surface area contributed by atoms with Gasteiger partial charge in [-0.1, -0.05) is 33.1 Å². The number of hydrogen-bond acceptors (Lipinski definition) is 9. The van der Waals surface area contributed by atoms with Gasteiger partial charge in [0.15, 0.2) is 8.46 Å². The molecule has 9 nitrogen and oxygen atoms in total. The molecule has 0 aliphatic heterocycles. The fourth-order valence-corrected chi connectivity index (χ4v) is 1.31. The van der Waals surface area contributed by atoms with Crippen molar-refractivity contribution in [2.75, 3.05) is 13.3 Å². The molecule has 0 radical (unpaired) electrons. The molecule has 0 saturated carbocycles. The predicted molar refractivity (Wildman–Crippen MR) is 106 cm³/mol. The van der Waals surface area contributed by atoms with Crippen molar-refractivity contribution in [3.63, 3.8) is 0 Å². The van der Waals surface area contributed by atoms with Gasteiger partial charge in [-0.3, -0.25) is 36.5 Å². The summed E-state index contributed by atoms with van der Waals surface area (Å²) in [6.07, 6.45) is 4.79. The molecule has 1 atom stereocenters. The Bertz CT molecular complexity index is 312. The smallest absolute Gasteiger partial charge is 0.294 e. The average molecular weight is 520 g/mol. The zero-order valence-corrected chi connectivity index (χ0v) is 21.5. The molecule has 0 fully saturated rings. The van der Waals surface area contributed by atoms with Crippen LogP contribution in [0.15, 0.2) is 0 Å². The van der Waals surface area contributed by atoms with Gasteiger partial charge in [0.1, 0.15) is 0 Å². The van der Waals surface area contributed by atoms with Crippen molar-refractivity contribution < 1.29 is 41.0 Å². The SMILES string of the molecule is CCCCC(CC)COP=O.CP=O.O=PP=O.O=PP=O.O=PP=O. The second-order valence-corrected chi connectivity index (χ2v) is 8.15. The minimum absolute atomic E-state index is 0.167. The highest BCUT2D eigenvalue weighted by atomic mass is 32.0. The minimum Gasteiger partial charge on any atom is -0.294 e. The third-order valence-electron chi connectivity index (χ3n) is 2.01. The molecule has 0 aromatic heterocycles. The fraction of sp³-hybridized carbons (Fsp3) is 1.00. The van der Waals surface area contributed by atoms with Gasteiger partial charge in [-0.25, -0.2) is 4.57 Å². The lowest BCUT2D eigenvalue weighted by atomic mass is 10.0. The van der Waals surface area contributed by atoms with Crippen LogP contribution in [0.3, 0.4) is 0 Å². The summed E-state index contributed by atoms with van der Waals surface area (Å²) in [5, 5.41) is 0. The molecular formula is C9H20O9P8. The monoisotopic (exact) mass is 520 g/mol. The number of unbranched alkanes of at least 4 members (excludes halogenated alkanes) is 1. The second-order valence-electron chi connectivity index (χ2n) is 3.46. The van der Waals surface area contributed by atoms with Crippen LogP contribution in [0.25, 0.3) is 0 Å². The molecule has 0 aliphatic rings. The Balaban J connectivity index is -0.0000000814. The molecule has 0 aromatic rings. The van der Waals surface area contributed by atoms with Crippen LogP contribution in [-0.2, 0) is 41.0 Å². The van der Waals surface area contributed by atoms with Gasteiger partial charge in [-0.15, -0.1) is 0 Å². The van der Waals surface area contributed by atoms with E-state index in [1.165, 1.54) is 19.3 Å². The van der Waals surface area contributed by atoms with Gasteiger partial charge in [0.25, 0.3) is 48.9 Å². The first-order valence-corrected chi connectivity index (χ1v) is 15.6. The Morgan fingerprint density at radius 3 is 1.27 bits per heavy atom. The Labute approximate surface area is 166 Å². The summed E-state index contributed by atoms with van der Waals surface area (Å²) < 4.78 is 77.4. The van der Waals surface area contributed by atoms with E-state index in [-0.39, 0.29) is 66.0 Å². The van der Waals surface area contributed by atoms with Crippen molar-refractivity contribution in [1.29, 1.82) is 0 Å². The molecule has 0 heterocycles. The molecule has 1 unspecified atom stereocenters. The summed E-state index contributed by atoms with van der Waals surface area (Å²) in [7, 11) is -2.02. The van der Waals surface area contributed by atoms with E-state index in [0.717, 1.165) is 6.42 Å². The maximum absolute atomic E-state index is 9.97. The van der Waals surface area contributed by atoms with E-state index in [1.54, 1.807) is 6.66 Å². The van der Waals surface area contributed by atoms with Crippen molar-refractivity contribution in [1.82, 2.24) is 0 Å². The first-order chi connectivity index (χ1) is 12.5. The standard InChI is InChI=1S/C8H17O2P.CH3OP.3O2P2/c1-3-5-6-8(4-2)7-10-11-9;1-3-2;3*1-3-4-2/h8H,3-7H2,1-2H3;1H3;;;. The molecule has 0 amide bonds. The van der Waals surface area contributed by atoms with Gasteiger partial charge in [0.05, 0.1) is 6.61 Å². The van der Waals surface area contributed by atoms with Gasteiger partial charge in [0, 0.05) is 6.66 Å². The summed E-state index contributed by atoms with van der Waals surface area (Å²) in [6, 6.07) is 0. The van der Waals surface area contributed by atoms with Gasteiger partial charge in [-0.2, -0.15) is 0 Å². The van der Waals surface area contributed by atoms with Crippen molar-refractivity contribution in [2.45, 2.75) is 39.5 Å². The lowest BCUT2D eigenvalue weighted by molar-refractivity contribution is 0.251. The van der Waals surface area contributed by atoms with E-state index in [4.69, 9.17) is 36.5 Å². The lowest BCUT2D eigenvalue weighted by Crippen LogP contribution is -2.04. The molecule has 0 N–H and O–H groups in total. The van der Waals surface area contributed by atoms with Crippen LogP contribution in [-0.4, -0.2) is 13.3 Å².